The summed E-state index contributed by atoms with van der Waals surface area (Å²) in [7, 11) is 1.66. The van der Waals surface area contributed by atoms with Gasteiger partial charge in [-0.25, -0.2) is 0 Å². The minimum absolute atomic E-state index is 0.136. The third-order valence-electron chi connectivity index (χ3n) is 3.56. The number of hydrogen-bond acceptors (Lipinski definition) is 6. The summed E-state index contributed by atoms with van der Waals surface area (Å²) in [6.07, 6.45) is 3.28. The summed E-state index contributed by atoms with van der Waals surface area (Å²) in [5, 5.41) is 3.99. The van der Waals surface area contributed by atoms with Gasteiger partial charge in [-0.05, 0) is 24.3 Å². The molecule has 3 heterocycles. The van der Waals surface area contributed by atoms with E-state index in [9.17, 15) is 4.79 Å². The number of rotatable bonds is 2. The molecule has 23 heavy (non-hydrogen) atoms. The fourth-order valence-electron chi connectivity index (χ4n) is 2.33. The second kappa shape index (κ2) is 5.13. The van der Waals surface area contributed by atoms with E-state index in [4.69, 9.17) is 4.52 Å². The highest BCUT2D eigenvalue weighted by Crippen LogP contribution is 2.23. The van der Waals surface area contributed by atoms with Gasteiger partial charge in [0.2, 0.25) is 5.82 Å². The molecule has 0 aliphatic rings. The van der Waals surface area contributed by atoms with Crippen molar-refractivity contribution in [3.63, 3.8) is 0 Å². The minimum atomic E-state index is -0.136. The summed E-state index contributed by atoms with van der Waals surface area (Å²) >= 11 is 0. The van der Waals surface area contributed by atoms with Crippen LogP contribution in [0.3, 0.4) is 0 Å². The van der Waals surface area contributed by atoms with Crippen molar-refractivity contribution in [2.24, 2.45) is 7.05 Å². The molecule has 0 N–H and O–H groups in total. The molecule has 0 saturated carbocycles. The standard InChI is InChI=1S/C16H11N5O2/c1-21-13(3-2-4-14(21)22)16-19-15(20-23-16)10-5-6-11-12(9-10)18-8-7-17-11/h2-9H,1H3. The summed E-state index contributed by atoms with van der Waals surface area (Å²) in [6, 6.07) is 10.4. The van der Waals surface area contributed by atoms with Crippen molar-refractivity contribution in [3.8, 4) is 23.0 Å². The molecule has 0 bridgehead atoms. The predicted molar refractivity (Wildman–Crippen MR) is 83.5 cm³/mol. The lowest BCUT2D eigenvalue weighted by Gasteiger charge is -2.01. The molecule has 0 radical (unpaired) electrons. The van der Waals surface area contributed by atoms with Crippen LogP contribution < -0.4 is 5.56 Å². The molecule has 7 nitrogen and oxygen atoms in total. The van der Waals surface area contributed by atoms with Gasteiger partial charge >= 0.3 is 0 Å². The summed E-state index contributed by atoms with van der Waals surface area (Å²) in [5.74, 6) is 0.725. The van der Waals surface area contributed by atoms with Gasteiger partial charge in [-0.1, -0.05) is 11.2 Å². The minimum Gasteiger partial charge on any atom is -0.332 e. The summed E-state index contributed by atoms with van der Waals surface area (Å²) in [6.45, 7) is 0. The van der Waals surface area contributed by atoms with Crippen LogP contribution in [0, 0.1) is 0 Å². The van der Waals surface area contributed by atoms with Crippen LogP contribution in [0.15, 0.2) is 58.1 Å². The summed E-state index contributed by atoms with van der Waals surface area (Å²) < 4.78 is 6.76. The number of benzene rings is 1. The molecule has 0 aliphatic heterocycles. The highest BCUT2D eigenvalue weighted by atomic mass is 16.5. The van der Waals surface area contributed by atoms with Gasteiger partial charge in [-0.3, -0.25) is 14.8 Å². The van der Waals surface area contributed by atoms with Gasteiger partial charge in [0, 0.05) is 31.1 Å². The number of hydrogen-bond donors (Lipinski definition) is 0. The Labute approximate surface area is 130 Å². The zero-order valence-corrected chi connectivity index (χ0v) is 12.2. The van der Waals surface area contributed by atoms with Crippen LogP contribution >= 0.6 is 0 Å². The van der Waals surface area contributed by atoms with Gasteiger partial charge < -0.3 is 9.09 Å². The number of fused-ring (bicyclic) bond motifs is 1. The lowest BCUT2D eigenvalue weighted by Crippen LogP contribution is -2.16. The molecule has 0 amide bonds. The van der Waals surface area contributed by atoms with E-state index in [0.29, 0.717) is 17.4 Å². The Hall–Kier alpha value is -3.35. The molecule has 3 aromatic heterocycles. The molecule has 4 rings (SSSR count). The Morgan fingerprint density at radius 2 is 1.87 bits per heavy atom. The SMILES string of the molecule is Cn1c(-c2nc(-c3ccc4nccnc4c3)no2)cccc1=O. The van der Waals surface area contributed by atoms with E-state index in [1.54, 1.807) is 31.6 Å². The fraction of sp³-hybridized carbons (Fsp3) is 0.0625. The molecule has 4 aromatic rings. The highest BCUT2D eigenvalue weighted by molar-refractivity contribution is 5.79. The first kappa shape index (κ1) is 13.3. The molecular formula is C16H11N5O2. The summed E-state index contributed by atoms with van der Waals surface area (Å²) in [4.78, 5) is 24.6. The van der Waals surface area contributed by atoms with Crippen molar-refractivity contribution in [2.75, 3.05) is 0 Å². The van der Waals surface area contributed by atoms with Gasteiger partial charge in [0.05, 0.1) is 11.0 Å². The molecule has 0 unspecified atom stereocenters. The summed E-state index contributed by atoms with van der Waals surface area (Å²) in [5.41, 5.74) is 2.75. The quantitative estimate of drug-likeness (QED) is 0.563. The Morgan fingerprint density at radius 3 is 2.74 bits per heavy atom. The van der Waals surface area contributed by atoms with E-state index in [-0.39, 0.29) is 5.56 Å². The zero-order valence-electron chi connectivity index (χ0n) is 12.2. The molecule has 0 saturated heterocycles. The Bertz CT molecular complexity index is 1070. The first-order valence-electron chi connectivity index (χ1n) is 6.94. The lowest BCUT2D eigenvalue weighted by atomic mass is 10.2. The van der Waals surface area contributed by atoms with E-state index < -0.39 is 0 Å². The van der Waals surface area contributed by atoms with Crippen molar-refractivity contribution in [3.05, 3.63) is 59.1 Å². The van der Waals surface area contributed by atoms with Gasteiger partial charge in [0.25, 0.3) is 11.4 Å². The van der Waals surface area contributed by atoms with Crippen LogP contribution in [-0.2, 0) is 7.05 Å². The van der Waals surface area contributed by atoms with E-state index in [2.05, 4.69) is 20.1 Å². The number of pyridine rings is 1. The monoisotopic (exact) mass is 305 g/mol. The van der Waals surface area contributed by atoms with E-state index >= 15 is 0 Å². The van der Waals surface area contributed by atoms with Gasteiger partial charge in [0.1, 0.15) is 5.69 Å². The average molecular weight is 305 g/mol. The second-order valence-electron chi connectivity index (χ2n) is 4.99. The van der Waals surface area contributed by atoms with Crippen molar-refractivity contribution >= 4 is 11.0 Å². The topological polar surface area (TPSA) is 86.7 Å². The largest absolute Gasteiger partial charge is 0.332 e. The molecule has 112 valence electrons. The predicted octanol–water partition coefficient (Wildman–Crippen LogP) is 2.05. The first-order chi connectivity index (χ1) is 11.2. The van der Waals surface area contributed by atoms with Crippen LogP contribution in [0.4, 0.5) is 0 Å². The maximum atomic E-state index is 11.7. The van der Waals surface area contributed by atoms with E-state index in [1.165, 1.54) is 10.6 Å². The van der Waals surface area contributed by atoms with E-state index in [1.807, 2.05) is 18.2 Å². The fourth-order valence-corrected chi connectivity index (χ4v) is 2.33. The smallest absolute Gasteiger partial charge is 0.274 e. The molecule has 0 atom stereocenters. The van der Waals surface area contributed by atoms with Gasteiger partial charge in [-0.2, -0.15) is 4.98 Å². The van der Waals surface area contributed by atoms with E-state index in [0.717, 1.165) is 16.6 Å². The number of nitrogens with zero attached hydrogens (tertiary/aromatic N) is 5. The Balaban J connectivity index is 1.80. The van der Waals surface area contributed by atoms with Crippen LogP contribution in [0.2, 0.25) is 0 Å². The molecule has 0 aliphatic carbocycles. The maximum absolute atomic E-state index is 11.7. The second-order valence-corrected chi connectivity index (χ2v) is 4.99. The van der Waals surface area contributed by atoms with Crippen molar-refractivity contribution in [2.45, 2.75) is 0 Å². The lowest BCUT2D eigenvalue weighted by molar-refractivity contribution is 0.429. The Morgan fingerprint density at radius 1 is 1.04 bits per heavy atom. The van der Waals surface area contributed by atoms with Crippen molar-refractivity contribution < 1.29 is 4.52 Å². The van der Waals surface area contributed by atoms with Gasteiger partial charge in [0.15, 0.2) is 0 Å². The third-order valence-corrected chi connectivity index (χ3v) is 3.56. The zero-order chi connectivity index (χ0) is 15.8. The highest BCUT2D eigenvalue weighted by Gasteiger charge is 2.13. The average Bonchev–Trinajstić information content (AvgIpc) is 3.07. The molecule has 7 heteroatoms. The molecular weight excluding hydrogens is 294 g/mol. The van der Waals surface area contributed by atoms with Crippen molar-refractivity contribution in [1.29, 1.82) is 0 Å². The van der Waals surface area contributed by atoms with Crippen molar-refractivity contribution in [1.82, 2.24) is 24.7 Å². The molecule has 1 aromatic carbocycles. The molecule has 0 fully saturated rings. The maximum Gasteiger partial charge on any atom is 0.274 e. The van der Waals surface area contributed by atoms with Crippen LogP contribution in [0.5, 0.6) is 0 Å². The van der Waals surface area contributed by atoms with Crippen LogP contribution in [0.25, 0.3) is 34.0 Å². The van der Waals surface area contributed by atoms with Crippen LogP contribution in [-0.4, -0.2) is 24.7 Å². The number of aromatic nitrogens is 5. The first-order valence-corrected chi connectivity index (χ1v) is 6.94. The normalized spacial score (nSPS) is 11.0. The molecule has 0 spiro atoms. The van der Waals surface area contributed by atoms with Gasteiger partial charge in [-0.15, -0.1) is 0 Å². The Kier molecular flexibility index (Phi) is 2.97. The third kappa shape index (κ3) is 2.28. The van der Waals surface area contributed by atoms with Crippen LogP contribution in [0.1, 0.15) is 0 Å².